The average Bonchev–Trinajstić information content (AvgIpc) is 2.03. The lowest BCUT2D eigenvalue weighted by molar-refractivity contribution is -0.384. The fourth-order valence-electron chi connectivity index (χ4n) is 1.02. The first-order valence-electron chi connectivity index (χ1n) is 3.98. The number of quaternary nitrogens is 1. The van der Waals surface area contributed by atoms with Gasteiger partial charge in [0.25, 0.3) is 5.69 Å². The van der Waals surface area contributed by atoms with Crippen LogP contribution in [0.4, 0.5) is 11.4 Å². The monoisotopic (exact) mass is 181 g/mol. The molecule has 0 aliphatic carbocycles. The van der Waals surface area contributed by atoms with Crippen LogP contribution in [0.5, 0.6) is 0 Å². The molecule has 0 saturated heterocycles. The summed E-state index contributed by atoms with van der Waals surface area (Å²) in [5.41, 5.74) is 1.07. The zero-order valence-corrected chi connectivity index (χ0v) is 8.02. The maximum absolute atomic E-state index is 10.5. The van der Waals surface area contributed by atoms with Gasteiger partial charge < -0.3 is 0 Å². The maximum atomic E-state index is 10.5. The Morgan fingerprint density at radius 3 is 2.38 bits per heavy atom. The summed E-state index contributed by atoms with van der Waals surface area (Å²) in [5.74, 6) is 0. The highest BCUT2D eigenvalue weighted by atomic mass is 16.6. The van der Waals surface area contributed by atoms with Crippen LogP contribution in [0.3, 0.4) is 0 Å². The summed E-state index contributed by atoms with van der Waals surface area (Å²) in [6, 6.07) is 6.68. The van der Waals surface area contributed by atoms with E-state index in [0.717, 1.165) is 5.69 Å². The first-order chi connectivity index (χ1) is 5.91. The van der Waals surface area contributed by atoms with Crippen molar-refractivity contribution in [2.24, 2.45) is 0 Å². The summed E-state index contributed by atoms with van der Waals surface area (Å²) in [7, 11) is 5.91. The van der Waals surface area contributed by atoms with Crippen molar-refractivity contribution >= 4 is 11.4 Å². The fourth-order valence-corrected chi connectivity index (χ4v) is 1.02. The quantitative estimate of drug-likeness (QED) is 0.396. The third-order valence-electron chi connectivity index (χ3n) is 1.82. The lowest BCUT2D eigenvalue weighted by Gasteiger charge is -2.22. The Balaban J connectivity index is 3.13. The van der Waals surface area contributed by atoms with Gasteiger partial charge in [0.05, 0.1) is 32.1 Å². The van der Waals surface area contributed by atoms with Crippen LogP contribution in [0, 0.1) is 10.1 Å². The number of nitro benzene ring substituents is 1. The van der Waals surface area contributed by atoms with E-state index >= 15 is 0 Å². The van der Waals surface area contributed by atoms with Crippen LogP contribution >= 0.6 is 0 Å². The Hall–Kier alpha value is -1.42. The van der Waals surface area contributed by atoms with E-state index in [-0.39, 0.29) is 10.6 Å². The Labute approximate surface area is 77.1 Å². The Kier molecular flexibility index (Phi) is 2.34. The molecule has 0 aromatic heterocycles. The predicted octanol–water partition coefficient (Wildman–Crippen LogP) is 1.79. The van der Waals surface area contributed by atoms with Crippen molar-refractivity contribution in [3.05, 3.63) is 34.4 Å². The first kappa shape index (κ1) is 9.67. The van der Waals surface area contributed by atoms with Crippen LogP contribution in [-0.2, 0) is 0 Å². The van der Waals surface area contributed by atoms with Crippen LogP contribution in [0.25, 0.3) is 0 Å². The largest absolute Gasteiger partial charge is 0.298 e. The summed E-state index contributed by atoms with van der Waals surface area (Å²) in [5, 5.41) is 10.5. The second kappa shape index (κ2) is 3.14. The Morgan fingerprint density at radius 1 is 1.31 bits per heavy atom. The van der Waals surface area contributed by atoms with E-state index in [1.807, 2.05) is 27.2 Å². The number of nitrogens with zero attached hydrogens (tertiary/aromatic N) is 2. The predicted molar refractivity (Wildman–Crippen MR) is 52.7 cm³/mol. The van der Waals surface area contributed by atoms with Crippen molar-refractivity contribution in [3.8, 4) is 0 Å². The molecule has 0 aliphatic heterocycles. The molecule has 0 heterocycles. The van der Waals surface area contributed by atoms with E-state index in [9.17, 15) is 10.1 Å². The molecule has 0 N–H and O–H groups in total. The summed E-state index contributed by atoms with van der Waals surface area (Å²) in [6.07, 6.45) is 0. The van der Waals surface area contributed by atoms with E-state index in [4.69, 9.17) is 0 Å². The van der Waals surface area contributed by atoms with E-state index < -0.39 is 0 Å². The third kappa shape index (κ3) is 2.26. The van der Waals surface area contributed by atoms with Crippen molar-refractivity contribution in [2.45, 2.75) is 0 Å². The molecule has 0 fully saturated rings. The number of hydrogen-bond donors (Lipinski definition) is 0. The van der Waals surface area contributed by atoms with Crippen LogP contribution in [-0.4, -0.2) is 26.1 Å². The van der Waals surface area contributed by atoms with E-state index in [1.165, 1.54) is 6.07 Å². The molecule has 0 aliphatic rings. The summed E-state index contributed by atoms with van der Waals surface area (Å²) >= 11 is 0. The van der Waals surface area contributed by atoms with Crippen molar-refractivity contribution in [2.75, 3.05) is 21.1 Å². The highest BCUT2D eigenvalue weighted by Crippen LogP contribution is 2.22. The molecular weight excluding hydrogens is 168 g/mol. The van der Waals surface area contributed by atoms with Crippen LogP contribution in [0.15, 0.2) is 24.3 Å². The second-order valence-corrected chi connectivity index (χ2v) is 3.79. The van der Waals surface area contributed by atoms with Gasteiger partial charge in [0.15, 0.2) is 0 Å². The summed E-state index contributed by atoms with van der Waals surface area (Å²) in [4.78, 5) is 10.1. The molecule has 1 rings (SSSR count). The Morgan fingerprint density at radius 2 is 1.92 bits per heavy atom. The van der Waals surface area contributed by atoms with Crippen LogP contribution < -0.4 is 4.48 Å². The van der Waals surface area contributed by atoms with Gasteiger partial charge in [-0.25, -0.2) is 0 Å². The number of hydrogen-bond acceptors (Lipinski definition) is 2. The van der Waals surface area contributed by atoms with Gasteiger partial charge in [-0.15, -0.1) is 0 Å². The molecular formula is C9H13N2O2+. The first-order valence-corrected chi connectivity index (χ1v) is 3.98. The van der Waals surface area contributed by atoms with Gasteiger partial charge in [0.1, 0.15) is 5.69 Å². The van der Waals surface area contributed by atoms with Crippen molar-refractivity contribution in [3.63, 3.8) is 0 Å². The van der Waals surface area contributed by atoms with Gasteiger partial charge in [0.2, 0.25) is 0 Å². The smallest absolute Gasteiger partial charge is 0.275 e. The van der Waals surface area contributed by atoms with Gasteiger partial charge >= 0.3 is 0 Å². The minimum Gasteiger partial charge on any atom is -0.298 e. The molecule has 0 atom stereocenters. The minimum absolute atomic E-state index is 0.144. The van der Waals surface area contributed by atoms with Gasteiger partial charge in [-0.05, 0) is 12.1 Å². The lowest BCUT2D eigenvalue weighted by Crippen LogP contribution is -2.34. The van der Waals surface area contributed by atoms with E-state index in [2.05, 4.69) is 0 Å². The summed E-state index contributed by atoms with van der Waals surface area (Å²) < 4.78 is 0.585. The number of benzene rings is 1. The minimum atomic E-state index is -0.376. The lowest BCUT2D eigenvalue weighted by atomic mass is 10.2. The van der Waals surface area contributed by atoms with E-state index in [1.54, 1.807) is 12.1 Å². The molecule has 0 saturated carbocycles. The topological polar surface area (TPSA) is 43.1 Å². The SMILES string of the molecule is C[N+](C)(C)c1cccc([N+](=O)[O-])c1. The van der Waals surface area contributed by atoms with Crippen molar-refractivity contribution in [1.29, 1.82) is 0 Å². The van der Waals surface area contributed by atoms with Gasteiger partial charge in [-0.1, -0.05) is 0 Å². The average molecular weight is 181 g/mol. The molecule has 1 aromatic rings. The standard InChI is InChI=1S/C9H13N2O2/c1-11(2,3)9-6-4-5-8(7-9)10(12)13/h4-7H,1-3H3/q+1. The highest BCUT2D eigenvalue weighted by molar-refractivity contribution is 5.49. The molecule has 13 heavy (non-hydrogen) atoms. The van der Waals surface area contributed by atoms with Gasteiger partial charge in [-0.2, -0.15) is 0 Å². The second-order valence-electron chi connectivity index (χ2n) is 3.79. The summed E-state index contributed by atoms with van der Waals surface area (Å²) in [6.45, 7) is 0. The fraction of sp³-hybridized carbons (Fsp3) is 0.333. The van der Waals surface area contributed by atoms with Crippen molar-refractivity contribution < 1.29 is 4.92 Å². The number of nitro groups is 1. The van der Waals surface area contributed by atoms with Crippen LogP contribution in [0.2, 0.25) is 0 Å². The highest BCUT2D eigenvalue weighted by Gasteiger charge is 2.15. The van der Waals surface area contributed by atoms with Gasteiger partial charge in [0, 0.05) is 6.07 Å². The molecule has 70 valence electrons. The molecule has 0 unspecified atom stereocenters. The molecule has 4 heteroatoms. The van der Waals surface area contributed by atoms with E-state index in [0.29, 0.717) is 4.48 Å². The molecule has 0 bridgehead atoms. The third-order valence-corrected chi connectivity index (χ3v) is 1.82. The molecule has 1 aromatic carbocycles. The maximum Gasteiger partial charge on any atom is 0.275 e. The van der Waals surface area contributed by atoms with Gasteiger partial charge in [-0.3, -0.25) is 14.6 Å². The number of non-ortho nitro benzene ring substituents is 1. The molecule has 0 radical (unpaired) electrons. The molecule has 4 nitrogen and oxygen atoms in total. The number of rotatable bonds is 2. The normalized spacial score (nSPS) is 11.3. The molecule has 0 spiro atoms. The Bertz CT molecular complexity index is 329. The van der Waals surface area contributed by atoms with Crippen molar-refractivity contribution in [1.82, 2.24) is 4.48 Å². The molecule has 0 amide bonds. The van der Waals surface area contributed by atoms with Crippen LogP contribution in [0.1, 0.15) is 0 Å². The zero-order valence-electron chi connectivity index (χ0n) is 8.02. The zero-order chi connectivity index (χ0) is 10.1.